The Morgan fingerprint density at radius 3 is 2.08 bits per heavy atom. The van der Waals surface area contributed by atoms with Gasteiger partial charge in [-0.05, 0) is 24.0 Å². The summed E-state index contributed by atoms with van der Waals surface area (Å²) in [6.07, 6.45) is 2.72. The van der Waals surface area contributed by atoms with E-state index in [1.807, 2.05) is 17.0 Å². The van der Waals surface area contributed by atoms with Crippen LogP contribution in [-0.2, 0) is 15.0 Å². The van der Waals surface area contributed by atoms with Gasteiger partial charge in [0.05, 0.1) is 0 Å². The van der Waals surface area contributed by atoms with Crippen LogP contribution in [-0.4, -0.2) is 35.8 Å². The van der Waals surface area contributed by atoms with Gasteiger partial charge in [0.15, 0.2) is 0 Å². The fraction of sp³-hybridized carbons (Fsp3) is 0.364. The maximum Gasteiger partial charge on any atom is 0.222 e. The van der Waals surface area contributed by atoms with Crippen molar-refractivity contribution in [3.8, 4) is 0 Å². The van der Waals surface area contributed by atoms with Gasteiger partial charge in [0.1, 0.15) is 0 Å². The molecule has 2 aromatic rings. The van der Waals surface area contributed by atoms with Crippen molar-refractivity contribution >= 4 is 11.8 Å². The number of nitrogens with zero attached hydrogens (tertiary/aromatic N) is 1. The first-order valence-electron chi connectivity index (χ1n) is 9.36. The van der Waals surface area contributed by atoms with Crippen molar-refractivity contribution in [1.82, 2.24) is 10.2 Å². The Kier molecular flexibility index (Phi) is 4.49. The summed E-state index contributed by atoms with van der Waals surface area (Å²) in [5, 5.41) is 3.00. The normalized spacial score (nSPS) is 22.3. The maximum atomic E-state index is 12.6. The maximum absolute atomic E-state index is 12.6. The zero-order valence-electron chi connectivity index (χ0n) is 14.9. The second-order valence-corrected chi connectivity index (χ2v) is 7.39. The molecule has 0 saturated carbocycles. The highest BCUT2D eigenvalue weighted by Gasteiger charge is 2.42. The van der Waals surface area contributed by atoms with Gasteiger partial charge in [-0.25, -0.2) is 0 Å². The molecule has 0 radical (unpaired) electrons. The van der Waals surface area contributed by atoms with Crippen LogP contribution in [0.25, 0.3) is 0 Å². The lowest BCUT2D eigenvalue weighted by molar-refractivity contribution is -0.135. The molecule has 0 aliphatic carbocycles. The van der Waals surface area contributed by atoms with E-state index in [1.54, 1.807) is 0 Å². The van der Waals surface area contributed by atoms with E-state index in [9.17, 15) is 9.59 Å². The average Bonchev–Trinajstić information content (AvgIpc) is 3.10. The number of hydrogen-bond acceptors (Lipinski definition) is 2. The molecule has 0 bridgehead atoms. The van der Waals surface area contributed by atoms with Crippen molar-refractivity contribution in [3.05, 3.63) is 71.8 Å². The van der Waals surface area contributed by atoms with Crippen molar-refractivity contribution in [2.45, 2.75) is 37.1 Å². The van der Waals surface area contributed by atoms with Gasteiger partial charge in [-0.3, -0.25) is 9.59 Å². The molecule has 4 rings (SSSR count). The number of carbonyl (C=O) groups excluding carboxylic acids is 2. The van der Waals surface area contributed by atoms with Crippen LogP contribution in [0.15, 0.2) is 60.7 Å². The third-order valence-corrected chi connectivity index (χ3v) is 5.76. The van der Waals surface area contributed by atoms with Gasteiger partial charge in [0.25, 0.3) is 0 Å². The van der Waals surface area contributed by atoms with Crippen molar-refractivity contribution < 1.29 is 9.59 Å². The van der Waals surface area contributed by atoms with Gasteiger partial charge in [-0.15, -0.1) is 0 Å². The monoisotopic (exact) mass is 348 g/mol. The average molecular weight is 348 g/mol. The van der Waals surface area contributed by atoms with Crippen LogP contribution in [0.4, 0.5) is 0 Å². The Labute approximate surface area is 154 Å². The Bertz CT molecular complexity index is 749. The van der Waals surface area contributed by atoms with Crippen molar-refractivity contribution in [1.29, 1.82) is 0 Å². The zero-order chi connectivity index (χ0) is 18.0. The molecule has 2 aliphatic heterocycles. The number of hydrogen-bond donors (Lipinski definition) is 1. The molecule has 1 atom stereocenters. The Morgan fingerprint density at radius 2 is 1.54 bits per heavy atom. The molecule has 26 heavy (non-hydrogen) atoms. The minimum absolute atomic E-state index is 0.0776. The molecule has 2 amide bonds. The molecule has 2 aliphatic rings. The topological polar surface area (TPSA) is 49.4 Å². The van der Waals surface area contributed by atoms with E-state index in [-0.39, 0.29) is 23.3 Å². The Morgan fingerprint density at radius 1 is 0.923 bits per heavy atom. The number of piperidine rings is 1. The van der Waals surface area contributed by atoms with E-state index >= 15 is 0 Å². The lowest BCUT2D eigenvalue weighted by Crippen LogP contribution is -2.52. The van der Waals surface area contributed by atoms with E-state index in [0.717, 1.165) is 12.8 Å². The molecule has 1 N–H and O–H groups in total. The molecule has 4 heteroatoms. The highest BCUT2D eigenvalue weighted by molar-refractivity contribution is 5.80. The molecule has 0 aromatic heterocycles. The molecule has 0 spiro atoms. The van der Waals surface area contributed by atoms with Gasteiger partial charge in [-0.1, -0.05) is 60.7 Å². The Balaban J connectivity index is 1.67. The lowest BCUT2D eigenvalue weighted by Gasteiger charge is -2.44. The third kappa shape index (κ3) is 3.12. The fourth-order valence-electron chi connectivity index (χ4n) is 4.37. The van der Waals surface area contributed by atoms with E-state index in [0.29, 0.717) is 25.9 Å². The van der Waals surface area contributed by atoms with E-state index < -0.39 is 0 Å². The standard InChI is InChI=1S/C22H24N2O2/c25-20-12-11-19(23-20)15-24-16-22(14-13-21(24)26,17-7-3-1-4-8-17)18-9-5-2-6-10-18/h1-10,19H,11-16H2,(H,23,25). The highest BCUT2D eigenvalue weighted by Crippen LogP contribution is 2.40. The quantitative estimate of drug-likeness (QED) is 0.924. The fourth-order valence-corrected chi connectivity index (χ4v) is 4.37. The Hall–Kier alpha value is -2.62. The van der Waals surface area contributed by atoms with Crippen LogP contribution in [0, 0.1) is 0 Å². The summed E-state index contributed by atoms with van der Waals surface area (Å²) in [6, 6.07) is 21.1. The first-order valence-corrected chi connectivity index (χ1v) is 9.36. The van der Waals surface area contributed by atoms with Crippen LogP contribution in [0.2, 0.25) is 0 Å². The van der Waals surface area contributed by atoms with Gasteiger partial charge in [0.2, 0.25) is 11.8 Å². The lowest BCUT2D eigenvalue weighted by atomic mass is 9.69. The molecule has 134 valence electrons. The first kappa shape index (κ1) is 16.8. The molecule has 2 saturated heterocycles. The summed E-state index contributed by atoms with van der Waals surface area (Å²) in [5.41, 5.74) is 2.30. The van der Waals surface area contributed by atoms with E-state index in [2.05, 4.69) is 53.8 Å². The molecule has 2 fully saturated rings. The molecular formula is C22H24N2O2. The minimum Gasteiger partial charge on any atom is -0.352 e. The molecular weight excluding hydrogens is 324 g/mol. The van der Waals surface area contributed by atoms with Gasteiger partial charge in [-0.2, -0.15) is 0 Å². The van der Waals surface area contributed by atoms with Crippen LogP contribution < -0.4 is 5.32 Å². The van der Waals surface area contributed by atoms with Gasteiger partial charge >= 0.3 is 0 Å². The number of benzene rings is 2. The van der Waals surface area contributed by atoms with Crippen LogP contribution >= 0.6 is 0 Å². The minimum atomic E-state index is -0.195. The first-order chi connectivity index (χ1) is 12.7. The smallest absolute Gasteiger partial charge is 0.222 e. The van der Waals surface area contributed by atoms with Crippen molar-refractivity contribution in [3.63, 3.8) is 0 Å². The summed E-state index contributed by atoms with van der Waals surface area (Å²) in [5.74, 6) is 0.283. The third-order valence-electron chi connectivity index (χ3n) is 5.76. The van der Waals surface area contributed by atoms with Gasteiger partial charge < -0.3 is 10.2 Å². The van der Waals surface area contributed by atoms with Crippen molar-refractivity contribution in [2.24, 2.45) is 0 Å². The van der Waals surface area contributed by atoms with Gasteiger partial charge in [0, 0.05) is 37.4 Å². The molecule has 1 unspecified atom stereocenters. The number of likely N-dealkylation sites (tertiary alicyclic amines) is 1. The molecule has 4 nitrogen and oxygen atoms in total. The SMILES string of the molecule is O=C1CCC(CN2CC(c3ccccc3)(c3ccccc3)CCC2=O)N1. The highest BCUT2D eigenvalue weighted by atomic mass is 16.2. The largest absolute Gasteiger partial charge is 0.352 e. The predicted octanol–water partition coefficient (Wildman–Crippen LogP) is 2.87. The number of carbonyl (C=O) groups is 2. The van der Waals surface area contributed by atoms with Crippen LogP contribution in [0.5, 0.6) is 0 Å². The number of amides is 2. The summed E-state index contributed by atoms with van der Waals surface area (Å²) >= 11 is 0. The number of rotatable bonds is 4. The molecule has 2 heterocycles. The predicted molar refractivity (Wildman–Crippen MR) is 101 cm³/mol. The van der Waals surface area contributed by atoms with Crippen molar-refractivity contribution in [2.75, 3.05) is 13.1 Å². The van der Waals surface area contributed by atoms with Crippen LogP contribution in [0.1, 0.15) is 36.8 Å². The van der Waals surface area contributed by atoms with Crippen LogP contribution in [0.3, 0.4) is 0 Å². The van der Waals surface area contributed by atoms with E-state index in [4.69, 9.17) is 0 Å². The second-order valence-electron chi connectivity index (χ2n) is 7.39. The zero-order valence-corrected chi connectivity index (χ0v) is 14.9. The summed E-state index contributed by atoms with van der Waals surface area (Å²) in [4.78, 5) is 26.1. The number of nitrogens with one attached hydrogen (secondary N) is 1. The summed E-state index contributed by atoms with van der Waals surface area (Å²) in [7, 11) is 0. The molecule has 2 aromatic carbocycles. The summed E-state index contributed by atoms with van der Waals surface area (Å²) < 4.78 is 0. The van der Waals surface area contributed by atoms with E-state index in [1.165, 1.54) is 11.1 Å². The summed E-state index contributed by atoms with van der Waals surface area (Å²) in [6.45, 7) is 1.26. The second kappa shape index (κ2) is 6.94.